The van der Waals surface area contributed by atoms with Crippen LogP contribution in [0.1, 0.15) is 40.0 Å². The van der Waals surface area contributed by atoms with Crippen molar-refractivity contribution in [2.75, 3.05) is 7.05 Å². The van der Waals surface area contributed by atoms with Crippen molar-refractivity contribution < 1.29 is 18.5 Å². The van der Waals surface area contributed by atoms with Crippen molar-refractivity contribution in [3.05, 3.63) is 64.9 Å². The van der Waals surface area contributed by atoms with Crippen molar-refractivity contribution in [3.63, 3.8) is 0 Å². The number of carbonyl (C=O) groups is 1. The van der Waals surface area contributed by atoms with Gasteiger partial charge in [0.15, 0.2) is 11.5 Å². The Balaban J connectivity index is 1.41. The highest BCUT2D eigenvalue weighted by molar-refractivity contribution is 7.18. The summed E-state index contributed by atoms with van der Waals surface area (Å²) < 4.78 is 17.5. The minimum absolute atomic E-state index is 0.173. The van der Waals surface area contributed by atoms with Crippen molar-refractivity contribution in [1.82, 2.24) is 15.0 Å². The summed E-state index contributed by atoms with van der Waals surface area (Å²) in [6, 6.07) is 10.8. The summed E-state index contributed by atoms with van der Waals surface area (Å²) in [6.07, 6.45) is 1.58. The summed E-state index contributed by atoms with van der Waals surface area (Å²) in [5.74, 6) is 1.61. The van der Waals surface area contributed by atoms with Gasteiger partial charge in [0.05, 0.1) is 27.5 Å². The number of amides is 1. The SMILES string of the molecule is Cc1nc2cc(OCc3cc(C(=O)N(C)[C@@H](C)c4ccco4)no3)ccc2s1. The fraction of sp³-hybridized carbons (Fsp3) is 0.250. The number of ether oxygens (including phenoxy) is 1. The molecule has 1 amide bonds. The highest BCUT2D eigenvalue weighted by atomic mass is 32.1. The molecule has 0 N–H and O–H groups in total. The molecule has 0 fully saturated rings. The minimum atomic E-state index is -0.252. The van der Waals surface area contributed by atoms with E-state index < -0.39 is 0 Å². The van der Waals surface area contributed by atoms with E-state index in [1.54, 1.807) is 41.7 Å². The largest absolute Gasteiger partial charge is 0.485 e. The van der Waals surface area contributed by atoms with Crippen LogP contribution in [0.5, 0.6) is 5.75 Å². The average molecular weight is 397 g/mol. The molecule has 144 valence electrons. The first-order chi connectivity index (χ1) is 13.5. The molecule has 0 unspecified atom stereocenters. The molecule has 1 aromatic carbocycles. The van der Waals surface area contributed by atoms with Crippen LogP contribution in [0.2, 0.25) is 0 Å². The number of fused-ring (bicyclic) bond motifs is 1. The van der Waals surface area contributed by atoms with E-state index in [1.165, 1.54) is 0 Å². The molecule has 0 aliphatic heterocycles. The second-order valence-electron chi connectivity index (χ2n) is 6.44. The van der Waals surface area contributed by atoms with E-state index >= 15 is 0 Å². The first-order valence-electron chi connectivity index (χ1n) is 8.77. The molecule has 3 heterocycles. The van der Waals surface area contributed by atoms with E-state index in [2.05, 4.69) is 10.1 Å². The van der Waals surface area contributed by atoms with Crippen LogP contribution in [0.3, 0.4) is 0 Å². The molecule has 28 heavy (non-hydrogen) atoms. The number of carbonyl (C=O) groups excluding carboxylic acids is 1. The molecule has 0 spiro atoms. The van der Waals surface area contributed by atoms with Gasteiger partial charge in [-0.25, -0.2) is 4.98 Å². The van der Waals surface area contributed by atoms with Crippen LogP contribution in [0.4, 0.5) is 0 Å². The van der Waals surface area contributed by atoms with E-state index in [0.717, 1.165) is 15.2 Å². The standard InChI is InChI=1S/C20H19N3O4S/c1-12(18-5-4-8-25-18)23(3)20(24)17-10-15(27-22-17)11-26-14-6-7-19-16(9-14)21-13(2)28-19/h4-10,12H,11H2,1-3H3/t12-/m0/s1. The van der Waals surface area contributed by atoms with Gasteiger partial charge in [-0.1, -0.05) is 5.16 Å². The number of aromatic nitrogens is 2. The maximum atomic E-state index is 12.6. The first kappa shape index (κ1) is 18.2. The predicted octanol–water partition coefficient (Wildman–Crippen LogP) is 4.60. The Hall–Kier alpha value is -3.13. The van der Waals surface area contributed by atoms with Crippen LogP contribution in [0.15, 0.2) is 51.6 Å². The molecule has 0 radical (unpaired) electrons. The first-order valence-corrected chi connectivity index (χ1v) is 9.59. The van der Waals surface area contributed by atoms with Gasteiger partial charge in [0.25, 0.3) is 5.91 Å². The Morgan fingerprint density at radius 1 is 1.32 bits per heavy atom. The molecule has 8 heteroatoms. The zero-order valence-corrected chi connectivity index (χ0v) is 16.5. The van der Waals surface area contributed by atoms with Crippen molar-refractivity contribution in [2.45, 2.75) is 26.5 Å². The summed E-state index contributed by atoms with van der Waals surface area (Å²) in [5, 5.41) is 4.89. The third-order valence-corrected chi connectivity index (χ3v) is 5.43. The van der Waals surface area contributed by atoms with Crippen LogP contribution in [-0.2, 0) is 6.61 Å². The molecule has 0 saturated carbocycles. The van der Waals surface area contributed by atoms with Gasteiger partial charge in [-0.2, -0.15) is 0 Å². The van der Waals surface area contributed by atoms with E-state index in [4.69, 9.17) is 13.7 Å². The van der Waals surface area contributed by atoms with Crippen molar-refractivity contribution in [1.29, 1.82) is 0 Å². The van der Waals surface area contributed by atoms with E-state index in [9.17, 15) is 4.79 Å². The normalized spacial score (nSPS) is 12.2. The van der Waals surface area contributed by atoms with Gasteiger partial charge in [0.1, 0.15) is 18.1 Å². The highest BCUT2D eigenvalue weighted by Gasteiger charge is 2.23. The highest BCUT2D eigenvalue weighted by Crippen LogP contribution is 2.26. The lowest BCUT2D eigenvalue weighted by molar-refractivity contribution is 0.0715. The summed E-state index contributed by atoms with van der Waals surface area (Å²) in [4.78, 5) is 18.6. The van der Waals surface area contributed by atoms with E-state index in [0.29, 0.717) is 17.3 Å². The number of nitrogens with zero attached hydrogens (tertiary/aromatic N) is 3. The lowest BCUT2D eigenvalue weighted by Crippen LogP contribution is -2.29. The summed E-state index contributed by atoms with van der Waals surface area (Å²) >= 11 is 1.64. The monoisotopic (exact) mass is 397 g/mol. The third kappa shape index (κ3) is 3.63. The molecule has 3 aromatic heterocycles. The molecule has 0 aliphatic carbocycles. The topological polar surface area (TPSA) is 81.6 Å². The van der Waals surface area contributed by atoms with Gasteiger partial charge in [-0.05, 0) is 38.1 Å². The number of rotatable bonds is 6. The fourth-order valence-electron chi connectivity index (χ4n) is 2.82. The molecule has 0 aliphatic rings. The van der Waals surface area contributed by atoms with Crippen LogP contribution in [0.25, 0.3) is 10.2 Å². The lowest BCUT2D eigenvalue weighted by atomic mass is 10.2. The Morgan fingerprint density at radius 2 is 2.18 bits per heavy atom. The lowest BCUT2D eigenvalue weighted by Gasteiger charge is -2.21. The van der Waals surface area contributed by atoms with E-state index in [1.807, 2.05) is 38.1 Å². The molecule has 0 bridgehead atoms. The quantitative estimate of drug-likeness (QED) is 0.473. The van der Waals surface area contributed by atoms with Crippen LogP contribution < -0.4 is 4.74 Å². The summed E-state index contributed by atoms with van der Waals surface area (Å²) in [5.41, 5.74) is 1.13. The molecule has 4 aromatic rings. The Labute approximate surface area is 165 Å². The van der Waals surface area contributed by atoms with Crippen molar-refractivity contribution >= 4 is 27.5 Å². The van der Waals surface area contributed by atoms with Gasteiger partial charge in [0.2, 0.25) is 0 Å². The molecular formula is C20H19N3O4S. The Bertz CT molecular complexity index is 1100. The minimum Gasteiger partial charge on any atom is -0.485 e. The number of aryl methyl sites for hydroxylation is 1. The maximum Gasteiger partial charge on any atom is 0.276 e. The Morgan fingerprint density at radius 3 is 2.96 bits per heavy atom. The number of benzene rings is 1. The molecule has 1 atom stereocenters. The Kier molecular flexibility index (Phi) is 4.87. The summed E-state index contributed by atoms with van der Waals surface area (Å²) in [6.45, 7) is 4.03. The zero-order chi connectivity index (χ0) is 19.7. The molecule has 0 saturated heterocycles. The van der Waals surface area contributed by atoms with Gasteiger partial charge in [-0.3, -0.25) is 4.79 Å². The van der Waals surface area contributed by atoms with E-state index in [-0.39, 0.29) is 24.2 Å². The number of furan rings is 1. The van der Waals surface area contributed by atoms with Gasteiger partial charge >= 0.3 is 0 Å². The number of thiazole rings is 1. The molecule has 7 nitrogen and oxygen atoms in total. The van der Waals surface area contributed by atoms with Gasteiger partial charge < -0.3 is 18.6 Å². The second-order valence-corrected chi connectivity index (χ2v) is 7.67. The zero-order valence-electron chi connectivity index (χ0n) is 15.7. The van der Waals surface area contributed by atoms with Gasteiger partial charge in [-0.15, -0.1) is 11.3 Å². The molecule has 4 rings (SSSR count). The average Bonchev–Trinajstić information content (AvgIpc) is 3.43. The second kappa shape index (κ2) is 7.47. The maximum absolute atomic E-state index is 12.6. The number of hydrogen-bond donors (Lipinski definition) is 0. The number of hydrogen-bond acceptors (Lipinski definition) is 7. The van der Waals surface area contributed by atoms with Crippen LogP contribution in [-0.4, -0.2) is 28.0 Å². The predicted molar refractivity (Wildman–Crippen MR) is 104 cm³/mol. The van der Waals surface area contributed by atoms with Crippen molar-refractivity contribution in [2.24, 2.45) is 0 Å². The van der Waals surface area contributed by atoms with Gasteiger partial charge in [0, 0.05) is 19.2 Å². The van der Waals surface area contributed by atoms with Crippen molar-refractivity contribution in [3.8, 4) is 5.75 Å². The molecular weight excluding hydrogens is 378 g/mol. The fourth-order valence-corrected chi connectivity index (χ4v) is 3.63. The summed E-state index contributed by atoms with van der Waals surface area (Å²) in [7, 11) is 1.70. The smallest absolute Gasteiger partial charge is 0.276 e. The van der Waals surface area contributed by atoms with Crippen LogP contribution >= 0.6 is 11.3 Å². The van der Waals surface area contributed by atoms with Crippen LogP contribution in [0, 0.1) is 6.92 Å². The third-order valence-electron chi connectivity index (χ3n) is 4.48.